The molecule has 2 aromatic rings. The van der Waals surface area contributed by atoms with Crippen molar-refractivity contribution < 1.29 is 27.8 Å². The maximum absolute atomic E-state index is 14.6. The summed E-state index contributed by atoms with van der Waals surface area (Å²) < 4.78 is 44.3. The van der Waals surface area contributed by atoms with Crippen LogP contribution in [0.4, 0.5) is 13.2 Å². The third-order valence-electron chi connectivity index (χ3n) is 4.60. The zero-order chi connectivity index (χ0) is 19.7. The van der Waals surface area contributed by atoms with E-state index in [1.807, 2.05) is 0 Å². The number of ether oxygens (including phenoxy) is 1. The number of pyridine rings is 1. The summed E-state index contributed by atoms with van der Waals surface area (Å²) in [4.78, 5) is 15.8. The minimum atomic E-state index is -3.13. The van der Waals surface area contributed by atoms with E-state index in [-0.39, 0.29) is 21.9 Å². The van der Waals surface area contributed by atoms with E-state index < -0.39 is 24.3 Å². The summed E-state index contributed by atoms with van der Waals surface area (Å²) in [6.45, 7) is -1.50. The molecular weight excluding hydrogens is 383 g/mol. The van der Waals surface area contributed by atoms with Crippen LogP contribution in [0.1, 0.15) is 36.4 Å². The lowest BCUT2D eigenvalue weighted by Crippen LogP contribution is -2.14. The van der Waals surface area contributed by atoms with E-state index in [0.29, 0.717) is 23.6 Å². The number of nitrogens with zero attached hydrogens (tertiary/aromatic N) is 1. The second-order valence-electron chi connectivity index (χ2n) is 6.61. The highest BCUT2D eigenvalue weighted by atomic mass is 35.5. The number of aromatic nitrogens is 1. The summed E-state index contributed by atoms with van der Waals surface area (Å²) in [6.07, 6.45) is 3.78. The number of hydrogen-bond acceptors (Lipinski definition) is 3. The summed E-state index contributed by atoms with van der Waals surface area (Å²) in [6, 6.07) is 3.84. The van der Waals surface area contributed by atoms with Crippen molar-refractivity contribution in [3.05, 3.63) is 46.5 Å². The van der Waals surface area contributed by atoms with E-state index in [1.54, 1.807) is 13.0 Å². The molecule has 0 amide bonds. The van der Waals surface area contributed by atoms with Crippen molar-refractivity contribution in [2.45, 2.75) is 38.7 Å². The first-order chi connectivity index (χ1) is 12.8. The number of carboxylic acids is 1. The van der Waals surface area contributed by atoms with Gasteiger partial charge in [0.1, 0.15) is 5.75 Å². The fraction of sp³-hybridized carbons (Fsp3) is 0.368. The van der Waals surface area contributed by atoms with Crippen molar-refractivity contribution in [2.24, 2.45) is 5.92 Å². The van der Waals surface area contributed by atoms with Gasteiger partial charge in [-0.3, -0.25) is 9.78 Å². The van der Waals surface area contributed by atoms with E-state index in [2.05, 4.69) is 9.72 Å². The minimum absolute atomic E-state index is 0.213. The Morgan fingerprint density at radius 3 is 2.67 bits per heavy atom. The van der Waals surface area contributed by atoms with E-state index in [1.165, 1.54) is 6.20 Å². The molecule has 4 nitrogen and oxygen atoms in total. The Balaban J connectivity index is 2.03. The Hall–Kier alpha value is -2.28. The Kier molecular flexibility index (Phi) is 5.60. The number of carbonyl (C=O) groups is 1. The van der Waals surface area contributed by atoms with Gasteiger partial charge in [0.25, 0.3) is 0 Å². The van der Waals surface area contributed by atoms with Crippen LogP contribution in [0.25, 0.3) is 11.1 Å². The van der Waals surface area contributed by atoms with Gasteiger partial charge in [0, 0.05) is 11.8 Å². The van der Waals surface area contributed by atoms with Gasteiger partial charge in [-0.2, -0.15) is 8.78 Å². The Morgan fingerprint density at radius 1 is 1.41 bits per heavy atom. The topological polar surface area (TPSA) is 59.4 Å². The lowest BCUT2D eigenvalue weighted by Gasteiger charge is -2.17. The summed E-state index contributed by atoms with van der Waals surface area (Å²) >= 11 is 5.80. The SMILES string of the molecule is Cc1cc(C(CC2CC2)C(=O)O)ncc1-c1c(OC(F)F)ccc(Cl)c1F. The molecule has 8 heteroatoms. The van der Waals surface area contributed by atoms with E-state index in [0.717, 1.165) is 25.0 Å². The standard InChI is InChI=1S/C19H17ClF3NO3/c1-9-6-14(11(18(25)26)7-10-2-3-10)24-8-12(9)16-15(27-19(22)23)5-4-13(20)17(16)21/h4-6,8,10-11,19H,2-3,7H2,1H3,(H,25,26). The number of alkyl halides is 2. The Bertz CT molecular complexity index is 872. The van der Waals surface area contributed by atoms with Crippen LogP contribution in [-0.2, 0) is 4.79 Å². The Morgan fingerprint density at radius 2 is 2.11 bits per heavy atom. The first kappa shape index (κ1) is 19.5. The number of rotatable bonds is 7. The molecule has 1 saturated carbocycles. The average molecular weight is 400 g/mol. The van der Waals surface area contributed by atoms with Crippen LogP contribution in [0.5, 0.6) is 5.75 Å². The third-order valence-corrected chi connectivity index (χ3v) is 4.89. The quantitative estimate of drug-likeness (QED) is 0.675. The van der Waals surface area contributed by atoms with E-state index >= 15 is 0 Å². The molecule has 0 saturated heterocycles. The van der Waals surface area contributed by atoms with Crippen molar-refractivity contribution >= 4 is 17.6 Å². The number of aryl methyl sites for hydroxylation is 1. The molecular formula is C19H17ClF3NO3. The molecule has 1 aliphatic carbocycles. The van der Waals surface area contributed by atoms with Gasteiger partial charge in [-0.05, 0) is 43.0 Å². The van der Waals surface area contributed by atoms with Crippen molar-refractivity contribution in [1.82, 2.24) is 4.98 Å². The monoisotopic (exact) mass is 399 g/mol. The van der Waals surface area contributed by atoms with E-state index in [4.69, 9.17) is 11.6 Å². The largest absolute Gasteiger partial charge is 0.481 e. The molecule has 1 atom stereocenters. The minimum Gasteiger partial charge on any atom is -0.481 e. The van der Waals surface area contributed by atoms with Crippen molar-refractivity contribution in [3.63, 3.8) is 0 Å². The molecule has 1 aliphatic rings. The summed E-state index contributed by atoms with van der Waals surface area (Å²) in [7, 11) is 0. The number of hydrogen-bond donors (Lipinski definition) is 1. The van der Waals surface area contributed by atoms with Crippen LogP contribution in [0, 0.1) is 18.7 Å². The van der Waals surface area contributed by atoms with Gasteiger partial charge in [-0.15, -0.1) is 0 Å². The second-order valence-corrected chi connectivity index (χ2v) is 7.01. The molecule has 144 valence electrons. The molecule has 1 heterocycles. The average Bonchev–Trinajstić information content (AvgIpc) is 3.41. The fourth-order valence-electron chi connectivity index (χ4n) is 3.04. The predicted molar refractivity (Wildman–Crippen MR) is 93.7 cm³/mol. The molecule has 0 radical (unpaired) electrons. The number of carboxylic acid groups (broad SMARTS) is 1. The lowest BCUT2D eigenvalue weighted by atomic mass is 9.94. The normalized spacial score (nSPS) is 15.0. The molecule has 0 spiro atoms. The number of aliphatic carboxylic acids is 1. The van der Waals surface area contributed by atoms with E-state index in [9.17, 15) is 23.1 Å². The highest BCUT2D eigenvalue weighted by Crippen LogP contribution is 2.41. The summed E-state index contributed by atoms with van der Waals surface area (Å²) in [5.41, 5.74) is 0.829. The molecule has 1 aromatic heterocycles. The molecule has 27 heavy (non-hydrogen) atoms. The molecule has 1 aromatic carbocycles. The molecule has 1 unspecified atom stereocenters. The molecule has 0 aliphatic heterocycles. The fourth-order valence-corrected chi connectivity index (χ4v) is 3.20. The van der Waals surface area contributed by atoms with Crippen molar-refractivity contribution in [2.75, 3.05) is 0 Å². The summed E-state index contributed by atoms with van der Waals surface area (Å²) in [5, 5.41) is 9.24. The molecule has 1 fully saturated rings. The predicted octanol–water partition coefficient (Wildman–Crippen LogP) is 5.42. The maximum atomic E-state index is 14.6. The van der Waals surface area contributed by atoms with Gasteiger partial charge in [0.2, 0.25) is 0 Å². The third kappa shape index (κ3) is 4.35. The van der Waals surface area contributed by atoms with Crippen LogP contribution in [0.2, 0.25) is 5.02 Å². The number of benzene rings is 1. The number of halogens is 4. The van der Waals surface area contributed by atoms with Crippen LogP contribution >= 0.6 is 11.6 Å². The smallest absolute Gasteiger partial charge is 0.387 e. The van der Waals surface area contributed by atoms with Gasteiger partial charge in [0.05, 0.1) is 22.2 Å². The van der Waals surface area contributed by atoms with Gasteiger partial charge < -0.3 is 9.84 Å². The first-order valence-corrected chi connectivity index (χ1v) is 8.78. The van der Waals surface area contributed by atoms with Gasteiger partial charge in [0.15, 0.2) is 5.82 Å². The highest BCUT2D eigenvalue weighted by Gasteiger charge is 2.31. The van der Waals surface area contributed by atoms with Gasteiger partial charge in [-0.25, -0.2) is 4.39 Å². The molecule has 0 bridgehead atoms. The molecule has 3 rings (SSSR count). The van der Waals surface area contributed by atoms with Crippen molar-refractivity contribution in [3.8, 4) is 16.9 Å². The van der Waals surface area contributed by atoms with Crippen LogP contribution in [0.15, 0.2) is 24.4 Å². The zero-order valence-electron chi connectivity index (χ0n) is 14.4. The second kappa shape index (κ2) is 7.76. The first-order valence-electron chi connectivity index (χ1n) is 8.40. The van der Waals surface area contributed by atoms with Crippen LogP contribution in [0.3, 0.4) is 0 Å². The lowest BCUT2D eigenvalue weighted by molar-refractivity contribution is -0.139. The van der Waals surface area contributed by atoms with Gasteiger partial charge in [-0.1, -0.05) is 24.4 Å². The maximum Gasteiger partial charge on any atom is 0.387 e. The van der Waals surface area contributed by atoms with Crippen molar-refractivity contribution in [1.29, 1.82) is 0 Å². The molecule has 1 N–H and O–H groups in total. The Labute approximate surface area is 158 Å². The zero-order valence-corrected chi connectivity index (χ0v) is 15.1. The highest BCUT2D eigenvalue weighted by molar-refractivity contribution is 6.31. The summed E-state index contributed by atoms with van der Waals surface area (Å²) in [5.74, 6) is -2.62. The van der Waals surface area contributed by atoms with Crippen LogP contribution < -0.4 is 4.74 Å². The van der Waals surface area contributed by atoms with Crippen LogP contribution in [-0.4, -0.2) is 22.7 Å². The van der Waals surface area contributed by atoms with Gasteiger partial charge >= 0.3 is 12.6 Å².